The van der Waals surface area contributed by atoms with Crippen molar-refractivity contribution in [2.24, 2.45) is 0 Å². The molecule has 0 saturated heterocycles. The molecule has 0 unspecified atom stereocenters. The van der Waals surface area contributed by atoms with Gasteiger partial charge in [0, 0.05) is 31.0 Å². The van der Waals surface area contributed by atoms with Gasteiger partial charge >= 0.3 is 12.1 Å². The molecule has 3 N–H and O–H groups in total. The summed E-state index contributed by atoms with van der Waals surface area (Å²) in [5, 5.41) is 6.89. The number of carbonyl (C=O) groups excluding carboxylic acids is 2. The number of likely N-dealkylation sites (N-methyl/N-ethyl adjacent to an activating group) is 1. The van der Waals surface area contributed by atoms with Crippen LogP contribution in [-0.4, -0.2) is 77.0 Å². The molecule has 0 spiro atoms. The predicted molar refractivity (Wildman–Crippen MR) is 157 cm³/mol. The van der Waals surface area contributed by atoms with E-state index in [0.717, 1.165) is 16.6 Å². The SMILES string of the molecule is COc1ccc(Nc2ncnc3[nH]cc(CN(C)CC(=O)OC(C)(C)C)c23)cc1OCCCNC(=O)OC(C)(C)C. The molecule has 3 aromatic rings. The molecule has 12 nitrogen and oxygen atoms in total. The largest absolute Gasteiger partial charge is 0.493 e. The fraction of sp³-hybridized carbons (Fsp3) is 0.517. The van der Waals surface area contributed by atoms with Gasteiger partial charge in [-0.3, -0.25) is 9.69 Å². The summed E-state index contributed by atoms with van der Waals surface area (Å²) >= 11 is 0. The Morgan fingerprint density at radius 3 is 2.44 bits per heavy atom. The number of aromatic nitrogens is 3. The lowest BCUT2D eigenvalue weighted by Gasteiger charge is -2.22. The predicted octanol–water partition coefficient (Wildman–Crippen LogP) is 4.78. The van der Waals surface area contributed by atoms with Gasteiger partial charge in [-0.05, 0) is 72.7 Å². The molecule has 12 heteroatoms. The van der Waals surface area contributed by atoms with Gasteiger partial charge in [0.2, 0.25) is 0 Å². The Kier molecular flexibility index (Phi) is 10.4. The van der Waals surface area contributed by atoms with Crippen LogP contribution in [0.4, 0.5) is 16.3 Å². The van der Waals surface area contributed by atoms with Crippen LogP contribution in [0, 0.1) is 0 Å². The van der Waals surface area contributed by atoms with Gasteiger partial charge in [0.05, 0.1) is 25.6 Å². The van der Waals surface area contributed by atoms with Crippen LogP contribution in [0.3, 0.4) is 0 Å². The first-order valence-corrected chi connectivity index (χ1v) is 13.5. The number of rotatable bonds is 12. The first kappa shape index (κ1) is 31.5. The van der Waals surface area contributed by atoms with Crippen molar-refractivity contribution in [2.75, 3.05) is 39.2 Å². The molecule has 0 saturated carbocycles. The average molecular weight is 571 g/mol. The number of anilines is 2. The van der Waals surface area contributed by atoms with E-state index in [1.54, 1.807) is 7.11 Å². The molecule has 1 aromatic carbocycles. The molecule has 0 radical (unpaired) electrons. The van der Waals surface area contributed by atoms with Crippen LogP contribution in [-0.2, 0) is 20.8 Å². The molecule has 0 bridgehead atoms. The van der Waals surface area contributed by atoms with Gasteiger partial charge < -0.3 is 34.6 Å². The quantitative estimate of drug-likeness (QED) is 0.206. The van der Waals surface area contributed by atoms with Crippen molar-refractivity contribution in [1.29, 1.82) is 0 Å². The van der Waals surface area contributed by atoms with Crippen molar-refractivity contribution >= 4 is 34.6 Å². The molecule has 0 aliphatic rings. The van der Waals surface area contributed by atoms with Gasteiger partial charge in [-0.1, -0.05) is 0 Å². The van der Waals surface area contributed by atoms with Gasteiger partial charge in [-0.25, -0.2) is 14.8 Å². The highest BCUT2D eigenvalue weighted by atomic mass is 16.6. The summed E-state index contributed by atoms with van der Waals surface area (Å²) in [5.74, 6) is 1.44. The highest BCUT2D eigenvalue weighted by Gasteiger charge is 2.20. The number of hydrogen-bond acceptors (Lipinski definition) is 10. The molecule has 224 valence electrons. The minimum atomic E-state index is -0.548. The van der Waals surface area contributed by atoms with E-state index < -0.39 is 17.3 Å². The molecule has 0 aliphatic heterocycles. The number of nitrogens with one attached hydrogen (secondary N) is 3. The van der Waals surface area contributed by atoms with Crippen molar-refractivity contribution in [1.82, 2.24) is 25.2 Å². The van der Waals surface area contributed by atoms with Crippen LogP contribution >= 0.6 is 0 Å². The first-order chi connectivity index (χ1) is 19.2. The number of aromatic amines is 1. The van der Waals surface area contributed by atoms with Gasteiger partial charge in [0.1, 0.15) is 29.0 Å². The number of benzene rings is 1. The molecule has 0 atom stereocenters. The van der Waals surface area contributed by atoms with Crippen LogP contribution in [0.25, 0.3) is 11.0 Å². The second-order valence-corrected chi connectivity index (χ2v) is 11.6. The number of alkyl carbamates (subject to hydrolysis) is 1. The maximum Gasteiger partial charge on any atom is 0.407 e. The zero-order valence-corrected chi connectivity index (χ0v) is 25.2. The Labute approximate surface area is 241 Å². The number of H-pyrrole nitrogens is 1. The molecule has 41 heavy (non-hydrogen) atoms. The highest BCUT2D eigenvalue weighted by Crippen LogP contribution is 2.33. The third-order valence-corrected chi connectivity index (χ3v) is 5.48. The summed E-state index contributed by atoms with van der Waals surface area (Å²) in [5.41, 5.74) is 1.25. The van der Waals surface area contributed by atoms with Crippen LogP contribution in [0.5, 0.6) is 11.5 Å². The lowest BCUT2D eigenvalue weighted by molar-refractivity contribution is -0.155. The Balaban J connectivity index is 1.67. The number of amides is 1. The summed E-state index contributed by atoms with van der Waals surface area (Å²) < 4.78 is 22.1. The van der Waals surface area contributed by atoms with Gasteiger partial charge in [-0.2, -0.15) is 0 Å². The number of nitrogens with zero attached hydrogens (tertiary/aromatic N) is 3. The maximum atomic E-state index is 12.3. The number of ether oxygens (including phenoxy) is 4. The van der Waals surface area contributed by atoms with E-state index in [-0.39, 0.29) is 12.5 Å². The summed E-state index contributed by atoms with van der Waals surface area (Å²) in [4.78, 5) is 38.0. The van der Waals surface area contributed by atoms with Crippen LogP contribution in [0.2, 0.25) is 0 Å². The molecule has 2 heterocycles. The summed E-state index contributed by atoms with van der Waals surface area (Å²) in [7, 11) is 3.43. The number of esters is 1. The minimum absolute atomic E-state index is 0.146. The average Bonchev–Trinajstić information content (AvgIpc) is 3.25. The van der Waals surface area contributed by atoms with E-state index in [9.17, 15) is 9.59 Å². The first-order valence-electron chi connectivity index (χ1n) is 13.5. The molecule has 1 amide bonds. The van der Waals surface area contributed by atoms with E-state index in [2.05, 4.69) is 25.6 Å². The molecule has 2 aromatic heterocycles. The Hall–Kier alpha value is -4.06. The number of hydrogen-bond donors (Lipinski definition) is 3. The molecule has 0 aliphatic carbocycles. The second-order valence-electron chi connectivity index (χ2n) is 11.6. The van der Waals surface area contributed by atoms with E-state index in [1.165, 1.54) is 6.33 Å². The fourth-order valence-electron chi connectivity index (χ4n) is 3.95. The van der Waals surface area contributed by atoms with Crippen LogP contribution < -0.4 is 20.1 Å². The van der Waals surface area contributed by atoms with Crippen LogP contribution in [0.15, 0.2) is 30.7 Å². The Bertz CT molecular complexity index is 1330. The fourth-order valence-corrected chi connectivity index (χ4v) is 3.95. The standard InChI is InChI=1S/C29H42N6O6/c1-28(2,3)40-23(36)17-35(7)16-19-15-31-25-24(19)26(33-18-32-25)34-20-10-11-21(38-8)22(14-20)39-13-9-12-30-27(37)41-29(4,5)6/h10-11,14-15,18H,9,12-13,16-17H2,1-8H3,(H,30,37)(H2,31,32,33,34). The van der Waals surface area contributed by atoms with Crippen molar-refractivity contribution in [3.8, 4) is 11.5 Å². The summed E-state index contributed by atoms with van der Waals surface area (Å²) in [6, 6.07) is 5.50. The third kappa shape index (κ3) is 10.1. The Morgan fingerprint density at radius 2 is 1.76 bits per heavy atom. The zero-order valence-electron chi connectivity index (χ0n) is 25.2. The van der Waals surface area contributed by atoms with Gasteiger partial charge in [0.15, 0.2) is 11.5 Å². The van der Waals surface area contributed by atoms with Crippen molar-refractivity contribution in [3.63, 3.8) is 0 Å². The zero-order chi connectivity index (χ0) is 30.2. The number of methoxy groups -OCH3 is 1. The maximum absolute atomic E-state index is 12.3. The van der Waals surface area contributed by atoms with Crippen molar-refractivity contribution in [3.05, 3.63) is 36.3 Å². The molecular formula is C29H42N6O6. The lowest BCUT2D eigenvalue weighted by atomic mass is 10.2. The van der Waals surface area contributed by atoms with Crippen molar-refractivity contribution < 1.29 is 28.5 Å². The molecule has 3 rings (SSSR count). The van der Waals surface area contributed by atoms with E-state index >= 15 is 0 Å². The van der Waals surface area contributed by atoms with Gasteiger partial charge in [0.25, 0.3) is 0 Å². The second kappa shape index (κ2) is 13.5. The monoisotopic (exact) mass is 570 g/mol. The molecule has 0 fully saturated rings. The normalized spacial score (nSPS) is 11.8. The topological polar surface area (TPSA) is 140 Å². The summed E-state index contributed by atoms with van der Waals surface area (Å²) in [6.07, 6.45) is 3.46. The number of fused-ring (bicyclic) bond motifs is 1. The highest BCUT2D eigenvalue weighted by molar-refractivity contribution is 5.92. The van der Waals surface area contributed by atoms with E-state index in [4.69, 9.17) is 18.9 Å². The number of carbonyl (C=O) groups is 2. The smallest absolute Gasteiger partial charge is 0.407 e. The van der Waals surface area contributed by atoms with Crippen molar-refractivity contribution in [2.45, 2.75) is 65.7 Å². The van der Waals surface area contributed by atoms with E-state index in [1.807, 2.05) is 77.9 Å². The molecular weight excluding hydrogens is 528 g/mol. The third-order valence-electron chi connectivity index (χ3n) is 5.48. The lowest BCUT2D eigenvalue weighted by Crippen LogP contribution is -2.33. The summed E-state index contributed by atoms with van der Waals surface area (Å²) in [6.45, 7) is 12.4. The van der Waals surface area contributed by atoms with Crippen LogP contribution in [0.1, 0.15) is 53.5 Å². The minimum Gasteiger partial charge on any atom is -0.493 e. The Morgan fingerprint density at radius 1 is 1.02 bits per heavy atom. The van der Waals surface area contributed by atoms with E-state index in [0.29, 0.717) is 49.1 Å². The van der Waals surface area contributed by atoms with Gasteiger partial charge in [-0.15, -0.1) is 0 Å².